The second-order valence-electron chi connectivity index (χ2n) is 9.55. The predicted molar refractivity (Wildman–Crippen MR) is 172 cm³/mol. The van der Waals surface area contributed by atoms with Crippen molar-refractivity contribution in [3.05, 3.63) is 116 Å². The van der Waals surface area contributed by atoms with Gasteiger partial charge >= 0.3 is 0 Å². The predicted octanol–water partition coefficient (Wildman–Crippen LogP) is 7.67. The van der Waals surface area contributed by atoms with Crippen molar-refractivity contribution in [2.75, 3.05) is 0 Å². The minimum atomic E-state index is 0.345. The van der Waals surface area contributed by atoms with Crippen LogP contribution >= 0.6 is 0 Å². The molecule has 0 saturated carbocycles. The van der Waals surface area contributed by atoms with Crippen LogP contribution in [0.25, 0.3) is 73.9 Å². The summed E-state index contributed by atoms with van der Waals surface area (Å²) in [5.74, 6) is 1.81. The molecule has 1 aliphatic heterocycles. The summed E-state index contributed by atoms with van der Waals surface area (Å²) >= 11 is 0. The molecule has 2 aromatic carbocycles. The fourth-order valence-corrected chi connectivity index (χ4v) is 4.88. The largest absolute Gasteiger partial charge is 0.324 e. The molecule has 8 heteroatoms. The Morgan fingerprint density at radius 3 is 1.98 bits per heavy atom. The number of aromatic nitrogens is 8. The highest BCUT2D eigenvalue weighted by molar-refractivity contribution is 6.04. The first-order valence-electron chi connectivity index (χ1n) is 13.5. The van der Waals surface area contributed by atoms with Gasteiger partial charge in [-0.2, -0.15) is 0 Å². The summed E-state index contributed by atoms with van der Waals surface area (Å²) in [6.07, 6.45) is 9.49. The molecule has 0 fully saturated rings. The Hall–Kier alpha value is -5.76. The average Bonchev–Trinajstić information content (AvgIpc) is 3.64. The summed E-state index contributed by atoms with van der Waals surface area (Å²) in [6.45, 7) is 18.0. The van der Waals surface area contributed by atoms with Crippen LogP contribution in [-0.2, 0) is 6.42 Å². The highest BCUT2D eigenvalue weighted by atomic mass is 15.0. The first-order chi connectivity index (χ1) is 20.5. The van der Waals surface area contributed by atoms with Crippen LogP contribution in [0, 0.1) is 0 Å². The van der Waals surface area contributed by atoms with Gasteiger partial charge in [-0.15, -0.1) is 6.58 Å². The normalized spacial score (nSPS) is 11.4. The van der Waals surface area contributed by atoms with E-state index in [2.05, 4.69) is 36.3 Å². The van der Waals surface area contributed by atoms with Gasteiger partial charge in [-0.05, 0) is 6.92 Å². The summed E-state index contributed by atoms with van der Waals surface area (Å²) in [5, 5.41) is 1.81. The second kappa shape index (κ2) is 11.0. The molecule has 204 valence electrons. The van der Waals surface area contributed by atoms with Crippen molar-refractivity contribution in [3.8, 4) is 22.8 Å². The van der Waals surface area contributed by atoms with Gasteiger partial charge in [-0.25, -0.2) is 29.9 Å². The van der Waals surface area contributed by atoms with E-state index in [1.807, 2.05) is 67.6 Å². The van der Waals surface area contributed by atoms with Gasteiger partial charge in [0, 0.05) is 45.0 Å². The maximum Gasteiger partial charge on any atom is 0.164 e. The quantitative estimate of drug-likeness (QED) is 0.163. The summed E-state index contributed by atoms with van der Waals surface area (Å²) in [7, 11) is 0. The first-order valence-corrected chi connectivity index (χ1v) is 13.5. The summed E-state index contributed by atoms with van der Waals surface area (Å²) in [5.41, 5.74) is 6.37. The van der Waals surface area contributed by atoms with Crippen molar-refractivity contribution in [1.82, 2.24) is 39.9 Å². The molecule has 3 aromatic heterocycles. The Labute approximate surface area is 242 Å². The van der Waals surface area contributed by atoms with Crippen LogP contribution in [-0.4, -0.2) is 39.9 Å². The second-order valence-corrected chi connectivity index (χ2v) is 9.55. The Morgan fingerprint density at radius 2 is 1.33 bits per heavy atom. The van der Waals surface area contributed by atoms with E-state index in [0.29, 0.717) is 57.9 Å². The third kappa shape index (κ3) is 4.65. The van der Waals surface area contributed by atoms with Crippen LogP contribution in [0.2, 0.25) is 0 Å². The van der Waals surface area contributed by atoms with Crippen LogP contribution in [0.3, 0.4) is 0 Å². The number of allylic oxidation sites excluding steroid dienone is 4. The van der Waals surface area contributed by atoms with Gasteiger partial charge in [-0.1, -0.05) is 98.6 Å². The molecule has 6 bridgehead atoms. The lowest BCUT2D eigenvalue weighted by atomic mass is 10.1. The molecular weight excluding hydrogens is 520 g/mol. The van der Waals surface area contributed by atoms with Gasteiger partial charge in [-0.3, -0.25) is 0 Å². The molecule has 0 spiro atoms. The van der Waals surface area contributed by atoms with E-state index in [9.17, 15) is 0 Å². The molecule has 4 heterocycles. The maximum atomic E-state index is 5.03. The van der Waals surface area contributed by atoms with Crippen molar-refractivity contribution in [1.29, 1.82) is 0 Å². The third-order valence-electron chi connectivity index (χ3n) is 6.86. The van der Waals surface area contributed by atoms with Crippen LogP contribution in [0.1, 0.15) is 29.7 Å². The standard InChI is InChI=1S/C34H28N8/c1-6-14-22-21(9-4)29-38-31(22)41-34-24-17-11-10-16-23(24)30(40-34)36-27(15-7-2)35-28(20(5)8-3)37-32-25-18-12-13-19-26(25)33(39-29)42-32/h6-14,16-19H,2-5,15H2,1H3,(H2,35,36,37,38,39,40,41,42)/b14-6-. The highest BCUT2D eigenvalue weighted by Crippen LogP contribution is 2.34. The minimum absolute atomic E-state index is 0.345. The lowest BCUT2D eigenvalue weighted by Gasteiger charge is -2.00. The van der Waals surface area contributed by atoms with Gasteiger partial charge in [0.15, 0.2) is 17.5 Å². The van der Waals surface area contributed by atoms with E-state index in [4.69, 9.17) is 29.9 Å². The molecule has 6 rings (SSSR count). The third-order valence-corrected chi connectivity index (χ3v) is 6.86. The molecule has 8 nitrogen and oxygen atoms in total. The van der Waals surface area contributed by atoms with Crippen LogP contribution in [0.5, 0.6) is 0 Å². The molecule has 0 saturated heterocycles. The van der Waals surface area contributed by atoms with Gasteiger partial charge in [0.1, 0.15) is 28.4 Å². The van der Waals surface area contributed by atoms with Crippen LogP contribution in [0.4, 0.5) is 0 Å². The van der Waals surface area contributed by atoms with Crippen LogP contribution < -0.4 is 0 Å². The monoisotopic (exact) mass is 548 g/mol. The topological polar surface area (TPSA) is 109 Å². The lowest BCUT2D eigenvalue weighted by Crippen LogP contribution is -1.97. The average molecular weight is 549 g/mol. The van der Waals surface area contributed by atoms with E-state index in [0.717, 1.165) is 33.0 Å². The highest BCUT2D eigenvalue weighted by Gasteiger charge is 2.20. The molecule has 0 radical (unpaired) electrons. The number of nitrogens with one attached hydrogen (secondary N) is 2. The Morgan fingerprint density at radius 1 is 0.714 bits per heavy atom. The summed E-state index contributed by atoms with van der Waals surface area (Å²) < 4.78 is 0. The summed E-state index contributed by atoms with van der Waals surface area (Å²) in [6, 6.07) is 15.8. The van der Waals surface area contributed by atoms with Crippen LogP contribution in [0.15, 0.2) is 93.1 Å². The van der Waals surface area contributed by atoms with Crippen molar-refractivity contribution in [3.63, 3.8) is 0 Å². The van der Waals surface area contributed by atoms with Crippen molar-refractivity contribution in [2.45, 2.75) is 13.3 Å². The molecule has 0 unspecified atom stereocenters. The molecule has 0 atom stereocenters. The summed E-state index contributed by atoms with van der Waals surface area (Å²) in [4.78, 5) is 36.3. The Balaban J connectivity index is 1.87. The molecule has 1 aliphatic rings. The van der Waals surface area contributed by atoms with Gasteiger partial charge in [0.2, 0.25) is 0 Å². The van der Waals surface area contributed by atoms with Gasteiger partial charge < -0.3 is 9.97 Å². The van der Waals surface area contributed by atoms with Gasteiger partial charge in [0.05, 0.1) is 0 Å². The number of fused-ring (bicyclic) bond motifs is 12. The molecular formula is C34H28N8. The molecule has 2 N–H and O–H groups in total. The molecule has 42 heavy (non-hydrogen) atoms. The SMILES string of the molecule is C=CCc1nc(C(=C)C=C)nc2nc(nc3[nH]c(nc4[nH]c(n1)c1ccccc41)c(/C=C\C)c3C=C)-c1ccccc1-2. The Bertz CT molecular complexity index is 2110. The Kier molecular flexibility index (Phi) is 6.94. The molecule has 0 amide bonds. The smallest absolute Gasteiger partial charge is 0.164 e. The fourth-order valence-electron chi connectivity index (χ4n) is 4.88. The number of aromatic amines is 2. The zero-order chi connectivity index (χ0) is 29.2. The first kappa shape index (κ1) is 26.5. The molecule has 5 aromatic rings. The van der Waals surface area contributed by atoms with E-state index in [1.54, 1.807) is 18.2 Å². The van der Waals surface area contributed by atoms with Crippen molar-refractivity contribution >= 4 is 51.1 Å². The fraction of sp³-hybridized carbons (Fsp3) is 0.0588. The zero-order valence-electron chi connectivity index (χ0n) is 23.2. The van der Waals surface area contributed by atoms with E-state index in [-0.39, 0.29) is 0 Å². The lowest BCUT2D eigenvalue weighted by molar-refractivity contribution is 0.981. The van der Waals surface area contributed by atoms with Gasteiger partial charge in [0.25, 0.3) is 0 Å². The number of H-pyrrole nitrogens is 2. The maximum absolute atomic E-state index is 5.03. The number of hydrogen-bond acceptors (Lipinski definition) is 6. The number of nitrogens with zero attached hydrogens (tertiary/aromatic N) is 6. The number of rotatable bonds is 6. The van der Waals surface area contributed by atoms with E-state index >= 15 is 0 Å². The molecule has 0 aliphatic carbocycles. The van der Waals surface area contributed by atoms with Crippen molar-refractivity contribution in [2.24, 2.45) is 0 Å². The van der Waals surface area contributed by atoms with Crippen molar-refractivity contribution < 1.29 is 0 Å². The zero-order valence-corrected chi connectivity index (χ0v) is 23.2. The number of benzene rings is 2. The van der Waals surface area contributed by atoms with E-state index < -0.39 is 0 Å². The number of hydrogen-bond donors (Lipinski definition) is 2. The minimum Gasteiger partial charge on any atom is -0.324 e. The van der Waals surface area contributed by atoms with E-state index in [1.165, 1.54) is 0 Å².